The molecule has 1 nitrogen and oxygen atoms in total. The largest absolute Gasteiger partial charge is 0.386 e. The summed E-state index contributed by atoms with van der Waals surface area (Å²) in [5.41, 5.74) is 3.52. The molecule has 21 heavy (non-hydrogen) atoms. The Balaban J connectivity index is 2.97. The maximum Gasteiger partial charge on any atom is 0.0802 e. The molecule has 1 aliphatic carbocycles. The van der Waals surface area contributed by atoms with Crippen LogP contribution >= 0.6 is 0 Å². The number of allylic oxidation sites excluding steroid dienone is 7. The second-order valence-corrected chi connectivity index (χ2v) is 6.96. The van der Waals surface area contributed by atoms with Crippen molar-refractivity contribution >= 4 is 0 Å². The summed E-state index contributed by atoms with van der Waals surface area (Å²) < 4.78 is 0. The average Bonchev–Trinajstić information content (AvgIpc) is 2.37. The van der Waals surface area contributed by atoms with E-state index in [1.54, 1.807) is 0 Å². The number of hydrogen-bond donors (Lipinski definition) is 1. The summed E-state index contributed by atoms with van der Waals surface area (Å²) in [6, 6.07) is 0. The van der Waals surface area contributed by atoms with E-state index >= 15 is 0 Å². The normalized spacial score (nSPS) is 26.0. The molecular weight excluding hydrogens is 256 g/mol. The Kier molecular flexibility index (Phi) is 7.17. The zero-order valence-electron chi connectivity index (χ0n) is 14.4. The molecule has 0 spiro atoms. The van der Waals surface area contributed by atoms with Gasteiger partial charge in [0.05, 0.1) is 5.60 Å². The van der Waals surface area contributed by atoms with Crippen molar-refractivity contribution in [3.8, 4) is 0 Å². The summed E-state index contributed by atoms with van der Waals surface area (Å²) in [6.45, 7) is 10.7. The molecule has 118 valence electrons. The van der Waals surface area contributed by atoms with Crippen molar-refractivity contribution in [2.75, 3.05) is 0 Å². The molecule has 1 atom stereocenters. The summed E-state index contributed by atoms with van der Waals surface area (Å²) >= 11 is 0. The van der Waals surface area contributed by atoms with Crippen LogP contribution in [-0.4, -0.2) is 10.7 Å². The lowest BCUT2D eigenvalue weighted by Gasteiger charge is -2.21. The van der Waals surface area contributed by atoms with Crippen molar-refractivity contribution in [1.82, 2.24) is 0 Å². The number of aliphatic hydroxyl groups is 1. The molecule has 0 saturated heterocycles. The Hall–Kier alpha value is -1.08. The van der Waals surface area contributed by atoms with E-state index in [-0.39, 0.29) is 0 Å². The highest BCUT2D eigenvalue weighted by atomic mass is 16.3. The fourth-order valence-electron chi connectivity index (χ4n) is 2.51. The van der Waals surface area contributed by atoms with Crippen LogP contribution in [0.4, 0.5) is 0 Å². The van der Waals surface area contributed by atoms with Gasteiger partial charge in [-0.1, -0.05) is 60.9 Å². The maximum absolute atomic E-state index is 10.5. The van der Waals surface area contributed by atoms with Gasteiger partial charge in [-0.25, -0.2) is 0 Å². The Bertz CT molecular complexity index is 444. The van der Waals surface area contributed by atoms with Gasteiger partial charge in [0.25, 0.3) is 0 Å². The van der Waals surface area contributed by atoms with E-state index < -0.39 is 5.60 Å². The molecule has 0 radical (unpaired) electrons. The first-order valence-corrected chi connectivity index (χ1v) is 8.22. The van der Waals surface area contributed by atoms with Crippen LogP contribution in [0.5, 0.6) is 0 Å². The quantitative estimate of drug-likeness (QED) is 0.611. The molecule has 0 aliphatic heterocycles. The van der Waals surface area contributed by atoms with E-state index in [2.05, 4.69) is 52.0 Å². The molecule has 1 heteroatoms. The van der Waals surface area contributed by atoms with Crippen LogP contribution < -0.4 is 0 Å². The fourth-order valence-corrected chi connectivity index (χ4v) is 2.51. The van der Waals surface area contributed by atoms with Crippen LogP contribution in [0.15, 0.2) is 47.1 Å². The smallest absolute Gasteiger partial charge is 0.0802 e. The molecule has 0 heterocycles. The standard InChI is InChI=1S/C20H32O/c1-16(2)19-12-11-18(4)9-6-8-17(3)10-7-14-20(5,21)15-13-19/h7-8,11-12,14,16,21H,6,9-10,13,15H2,1-5H3. The van der Waals surface area contributed by atoms with Gasteiger partial charge in [0.2, 0.25) is 0 Å². The van der Waals surface area contributed by atoms with E-state index in [1.165, 1.54) is 16.7 Å². The SMILES string of the molecule is CC1=CCCC(C)=CC=C(C(C)C)CCC(C)(O)C=CC1. The topological polar surface area (TPSA) is 20.2 Å². The van der Waals surface area contributed by atoms with Crippen molar-refractivity contribution in [2.45, 2.75) is 72.3 Å². The van der Waals surface area contributed by atoms with Crippen LogP contribution in [0.2, 0.25) is 0 Å². The number of hydrogen-bond acceptors (Lipinski definition) is 1. The lowest BCUT2D eigenvalue weighted by molar-refractivity contribution is 0.101. The highest BCUT2D eigenvalue weighted by Crippen LogP contribution is 2.24. The van der Waals surface area contributed by atoms with Crippen LogP contribution in [0.25, 0.3) is 0 Å². The lowest BCUT2D eigenvalue weighted by Crippen LogP contribution is -2.21. The summed E-state index contributed by atoms with van der Waals surface area (Å²) in [6.07, 6.45) is 15.8. The fraction of sp³-hybridized carbons (Fsp3) is 0.600. The lowest BCUT2D eigenvalue weighted by atomic mass is 9.90. The Morgan fingerprint density at radius 2 is 1.81 bits per heavy atom. The van der Waals surface area contributed by atoms with Crippen molar-refractivity contribution in [2.24, 2.45) is 5.92 Å². The van der Waals surface area contributed by atoms with Crippen LogP contribution in [-0.2, 0) is 0 Å². The molecule has 0 fully saturated rings. The number of rotatable bonds is 1. The van der Waals surface area contributed by atoms with E-state index in [0.29, 0.717) is 5.92 Å². The third kappa shape index (κ3) is 7.47. The zero-order valence-corrected chi connectivity index (χ0v) is 14.4. The van der Waals surface area contributed by atoms with E-state index in [1.807, 2.05) is 13.0 Å². The van der Waals surface area contributed by atoms with Crippen LogP contribution in [0.3, 0.4) is 0 Å². The average molecular weight is 288 g/mol. The van der Waals surface area contributed by atoms with Gasteiger partial charge in [0, 0.05) is 0 Å². The van der Waals surface area contributed by atoms with Crippen molar-refractivity contribution < 1.29 is 5.11 Å². The zero-order chi connectivity index (χ0) is 15.9. The highest BCUT2D eigenvalue weighted by molar-refractivity contribution is 5.20. The molecule has 1 N–H and O–H groups in total. The minimum Gasteiger partial charge on any atom is -0.386 e. The van der Waals surface area contributed by atoms with Gasteiger partial charge in [-0.15, -0.1) is 0 Å². The molecule has 0 bridgehead atoms. The first-order valence-electron chi connectivity index (χ1n) is 8.22. The molecule has 1 aliphatic rings. The molecule has 1 rings (SSSR count). The van der Waals surface area contributed by atoms with Gasteiger partial charge in [-0.2, -0.15) is 0 Å². The van der Waals surface area contributed by atoms with Crippen LogP contribution in [0.1, 0.15) is 66.7 Å². The Labute approximate surface area is 131 Å². The summed E-state index contributed by atoms with van der Waals surface area (Å²) in [5.74, 6) is 0.531. The van der Waals surface area contributed by atoms with Crippen molar-refractivity contribution in [3.63, 3.8) is 0 Å². The second kappa shape index (κ2) is 8.38. The molecule has 1 unspecified atom stereocenters. The summed E-state index contributed by atoms with van der Waals surface area (Å²) in [5, 5.41) is 10.5. The third-order valence-electron chi connectivity index (χ3n) is 4.19. The Morgan fingerprint density at radius 3 is 2.48 bits per heavy atom. The predicted molar refractivity (Wildman–Crippen MR) is 93.3 cm³/mol. The summed E-state index contributed by atoms with van der Waals surface area (Å²) in [4.78, 5) is 0. The predicted octanol–water partition coefficient (Wildman–Crippen LogP) is 5.73. The van der Waals surface area contributed by atoms with E-state index in [4.69, 9.17) is 0 Å². The highest BCUT2D eigenvalue weighted by Gasteiger charge is 2.17. The first-order chi connectivity index (χ1) is 9.80. The maximum atomic E-state index is 10.5. The van der Waals surface area contributed by atoms with Gasteiger partial charge in [0.1, 0.15) is 0 Å². The van der Waals surface area contributed by atoms with Gasteiger partial charge < -0.3 is 5.11 Å². The van der Waals surface area contributed by atoms with Gasteiger partial charge in [0.15, 0.2) is 0 Å². The van der Waals surface area contributed by atoms with Gasteiger partial charge in [-0.05, 0) is 58.8 Å². The molecular formula is C20H32O. The minimum absolute atomic E-state index is 0.531. The summed E-state index contributed by atoms with van der Waals surface area (Å²) in [7, 11) is 0. The van der Waals surface area contributed by atoms with Gasteiger partial charge >= 0.3 is 0 Å². The monoisotopic (exact) mass is 288 g/mol. The van der Waals surface area contributed by atoms with E-state index in [9.17, 15) is 5.11 Å². The minimum atomic E-state index is -0.711. The first kappa shape index (κ1) is 18.0. The Morgan fingerprint density at radius 1 is 1.10 bits per heavy atom. The molecule has 0 amide bonds. The van der Waals surface area contributed by atoms with E-state index in [0.717, 1.165) is 32.1 Å². The van der Waals surface area contributed by atoms with Crippen molar-refractivity contribution in [1.29, 1.82) is 0 Å². The van der Waals surface area contributed by atoms with Crippen LogP contribution in [0, 0.1) is 5.92 Å². The molecule has 0 aromatic heterocycles. The van der Waals surface area contributed by atoms with Gasteiger partial charge in [-0.3, -0.25) is 0 Å². The molecule has 0 aromatic carbocycles. The molecule has 0 saturated carbocycles. The van der Waals surface area contributed by atoms with Crippen molar-refractivity contribution in [3.05, 3.63) is 47.1 Å². The third-order valence-corrected chi connectivity index (χ3v) is 4.19. The second-order valence-electron chi connectivity index (χ2n) is 6.96. The molecule has 0 aromatic rings.